The first kappa shape index (κ1) is 14.9. The molecule has 2 nitrogen and oxygen atoms in total. The molecule has 100 valence electrons. The summed E-state index contributed by atoms with van der Waals surface area (Å²) in [5.41, 5.74) is -0.407. The molecule has 1 aromatic rings. The largest absolute Gasteiger partial charge is 0.466 e. The molecule has 0 aliphatic heterocycles. The Morgan fingerprint density at radius 2 is 2.06 bits per heavy atom. The summed E-state index contributed by atoms with van der Waals surface area (Å²) in [7, 11) is 0. The smallest absolute Gasteiger partial charge is 0.417 e. The highest BCUT2D eigenvalue weighted by molar-refractivity contribution is 7.98. The summed E-state index contributed by atoms with van der Waals surface area (Å²) >= 11 is 1.02. The molecule has 0 aliphatic rings. The normalized spacial score (nSPS) is 11.4. The van der Waals surface area contributed by atoms with Crippen LogP contribution in [0.15, 0.2) is 23.1 Å². The number of ether oxygens (including phenoxy) is 1. The van der Waals surface area contributed by atoms with Gasteiger partial charge in [-0.3, -0.25) is 4.79 Å². The fourth-order valence-corrected chi connectivity index (χ4v) is 2.06. The number of esters is 1. The molecule has 0 bridgehead atoms. The van der Waals surface area contributed by atoms with Crippen LogP contribution < -0.4 is 0 Å². The van der Waals surface area contributed by atoms with Crippen LogP contribution in [0.25, 0.3) is 0 Å². The molecule has 0 N–H and O–H groups in total. The Bertz CT molecular complexity index is 430. The van der Waals surface area contributed by atoms with Crippen molar-refractivity contribution in [2.45, 2.75) is 24.4 Å². The van der Waals surface area contributed by atoms with Gasteiger partial charge in [0.1, 0.15) is 0 Å². The van der Waals surface area contributed by atoms with Crippen molar-refractivity contribution in [3.8, 4) is 0 Å². The summed E-state index contributed by atoms with van der Waals surface area (Å²) in [5, 5.41) is 0. The van der Waals surface area contributed by atoms with Crippen molar-refractivity contribution < 1.29 is 22.7 Å². The average Bonchev–Trinajstić information content (AvgIpc) is 2.28. The number of benzene rings is 1. The first-order valence-corrected chi connectivity index (χ1v) is 6.50. The predicted octanol–water partition coefficient (Wildman–Crippen LogP) is 3.53. The average molecular weight is 278 g/mol. The highest BCUT2D eigenvalue weighted by atomic mass is 32.2. The zero-order chi connectivity index (χ0) is 13.8. The fraction of sp³-hybridized carbons (Fsp3) is 0.417. The number of alkyl halides is 3. The SMILES string of the molecule is CCOC(=O)Cc1ccc(SC)c(C(F)(F)F)c1. The van der Waals surface area contributed by atoms with Crippen LogP contribution in [0, 0.1) is 0 Å². The summed E-state index contributed by atoms with van der Waals surface area (Å²) in [4.78, 5) is 11.4. The molecule has 6 heteroatoms. The molecule has 0 saturated carbocycles. The van der Waals surface area contributed by atoms with Gasteiger partial charge in [0.15, 0.2) is 0 Å². The van der Waals surface area contributed by atoms with Crippen molar-refractivity contribution in [2.24, 2.45) is 0 Å². The van der Waals surface area contributed by atoms with E-state index in [0.717, 1.165) is 17.8 Å². The van der Waals surface area contributed by atoms with Gasteiger partial charge in [-0.05, 0) is 30.9 Å². The van der Waals surface area contributed by atoms with Crippen molar-refractivity contribution in [3.63, 3.8) is 0 Å². The zero-order valence-corrected chi connectivity index (χ0v) is 10.8. The number of hydrogen-bond donors (Lipinski definition) is 0. The van der Waals surface area contributed by atoms with Gasteiger partial charge in [0.2, 0.25) is 0 Å². The van der Waals surface area contributed by atoms with Crippen LogP contribution in [0.1, 0.15) is 18.1 Å². The first-order chi connectivity index (χ1) is 8.38. The summed E-state index contributed by atoms with van der Waals surface area (Å²) in [6, 6.07) is 3.89. The van der Waals surface area contributed by atoms with Gasteiger partial charge in [0, 0.05) is 4.90 Å². The van der Waals surface area contributed by atoms with Crippen LogP contribution in [0.5, 0.6) is 0 Å². The van der Waals surface area contributed by atoms with Crippen molar-refractivity contribution in [3.05, 3.63) is 29.3 Å². The molecule has 0 atom stereocenters. The fourth-order valence-electron chi connectivity index (χ4n) is 1.47. The molecule has 0 radical (unpaired) electrons. The van der Waals surface area contributed by atoms with Crippen molar-refractivity contribution in [1.29, 1.82) is 0 Å². The van der Waals surface area contributed by atoms with Crippen LogP contribution in [0.4, 0.5) is 13.2 Å². The second-order valence-corrected chi connectivity index (χ2v) is 4.36. The third-order valence-electron chi connectivity index (χ3n) is 2.22. The van der Waals surface area contributed by atoms with E-state index in [9.17, 15) is 18.0 Å². The third kappa shape index (κ3) is 3.94. The molecular weight excluding hydrogens is 265 g/mol. The summed E-state index contributed by atoms with van der Waals surface area (Å²) in [5.74, 6) is -0.525. The van der Waals surface area contributed by atoms with Crippen LogP contribution in [0.2, 0.25) is 0 Å². The molecule has 18 heavy (non-hydrogen) atoms. The maximum Gasteiger partial charge on any atom is 0.417 e. The molecule has 1 aromatic carbocycles. The number of rotatable bonds is 4. The van der Waals surface area contributed by atoms with Crippen LogP contribution in [-0.2, 0) is 22.1 Å². The predicted molar refractivity (Wildman–Crippen MR) is 63.6 cm³/mol. The third-order valence-corrected chi connectivity index (χ3v) is 3.02. The van der Waals surface area contributed by atoms with E-state index in [0.29, 0.717) is 5.56 Å². The topological polar surface area (TPSA) is 26.3 Å². The lowest BCUT2D eigenvalue weighted by atomic mass is 10.1. The standard InChI is InChI=1S/C12H13F3O2S/c1-3-17-11(16)7-8-4-5-10(18-2)9(6-8)12(13,14)15/h4-6H,3,7H2,1-2H3. The molecular formula is C12H13F3O2S. The number of carbonyl (C=O) groups excluding carboxylic acids is 1. The van der Waals surface area contributed by atoms with E-state index in [1.807, 2.05) is 0 Å². The minimum absolute atomic E-state index is 0.147. The zero-order valence-electron chi connectivity index (χ0n) is 10.0. The van der Waals surface area contributed by atoms with Crippen molar-refractivity contribution in [2.75, 3.05) is 12.9 Å². The highest BCUT2D eigenvalue weighted by Gasteiger charge is 2.33. The van der Waals surface area contributed by atoms with Crippen LogP contribution >= 0.6 is 11.8 Å². The van der Waals surface area contributed by atoms with Gasteiger partial charge >= 0.3 is 12.1 Å². The van der Waals surface area contributed by atoms with E-state index in [1.165, 1.54) is 12.1 Å². The van der Waals surface area contributed by atoms with E-state index >= 15 is 0 Å². The van der Waals surface area contributed by atoms with E-state index in [1.54, 1.807) is 13.2 Å². The highest BCUT2D eigenvalue weighted by Crippen LogP contribution is 2.36. The summed E-state index contributed by atoms with van der Waals surface area (Å²) in [6.07, 6.45) is -2.98. The molecule has 0 unspecified atom stereocenters. The molecule has 0 spiro atoms. The second-order valence-electron chi connectivity index (χ2n) is 3.51. The monoisotopic (exact) mass is 278 g/mol. The van der Waals surface area contributed by atoms with Gasteiger partial charge in [0.25, 0.3) is 0 Å². The first-order valence-electron chi connectivity index (χ1n) is 5.28. The Hall–Kier alpha value is -1.17. The van der Waals surface area contributed by atoms with Gasteiger partial charge in [-0.2, -0.15) is 13.2 Å². The Morgan fingerprint density at radius 1 is 1.39 bits per heavy atom. The lowest BCUT2D eigenvalue weighted by Gasteiger charge is -2.12. The number of halogens is 3. The van der Waals surface area contributed by atoms with Gasteiger partial charge in [-0.15, -0.1) is 11.8 Å². The summed E-state index contributed by atoms with van der Waals surface area (Å²) in [6.45, 7) is 1.86. The van der Waals surface area contributed by atoms with E-state index in [2.05, 4.69) is 0 Å². The molecule has 0 aliphatic carbocycles. The van der Waals surface area contributed by atoms with Crippen LogP contribution in [0.3, 0.4) is 0 Å². The van der Waals surface area contributed by atoms with Gasteiger partial charge in [-0.25, -0.2) is 0 Å². The van der Waals surface area contributed by atoms with E-state index in [-0.39, 0.29) is 17.9 Å². The van der Waals surface area contributed by atoms with Gasteiger partial charge < -0.3 is 4.74 Å². The van der Waals surface area contributed by atoms with Crippen molar-refractivity contribution in [1.82, 2.24) is 0 Å². The number of thioether (sulfide) groups is 1. The number of carbonyl (C=O) groups is 1. The Kier molecular flexibility index (Phi) is 5.07. The summed E-state index contributed by atoms with van der Waals surface area (Å²) < 4.78 is 43.0. The molecule has 1 rings (SSSR count). The minimum Gasteiger partial charge on any atom is -0.466 e. The lowest BCUT2D eigenvalue weighted by Crippen LogP contribution is -2.11. The van der Waals surface area contributed by atoms with Gasteiger partial charge in [0.05, 0.1) is 18.6 Å². The van der Waals surface area contributed by atoms with Gasteiger partial charge in [-0.1, -0.05) is 6.07 Å². The molecule has 0 heterocycles. The Labute approximate surface area is 108 Å². The molecule has 0 saturated heterocycles. The lowest BCUT2D eigenvalue weighted by molar-refractivity contribution is -0.143. The van der Waals surface area contributed by atoms with E-state index < -0.39 is 17.7 Å². The molecule has 0 fully saturated rings. The second kappa shape index (κ2) is 6.13. The maximum atomic E-state index is 12.8. The van der Waals surface area contributed by atoms with Crippen LogP contribution in [-0.4, -0.2) is 18.8 Å². The van der Waals surface area contributed by atoms with E-state index in [4.69, 9.17) is 4.74 Å². The minimum atomic E-state index is -4.41. The number of hydrogen-bond acceptors (Lipinski definition) is 3. The van der Waals surface area contributed by atoms with Crippen molar-refractivity contribution >= 4 is 17.7 Å². The maximum absolute atomic E-state index is 12.8. The molecule has 0 amide bonds. The quantitative estimate of drug-likeness (QED) is 0.622. The molecule has 0 aromatic heterocycles. The Morgan fingerprint density at radius 3 is 2.56 bits per heavy atom. The Balaban J connectivity index is 3.00.